The Kier molecular flexibility index (Phi) is 4.21. The second-order valence-electron chi connectivity index (χ2n) is 4.94. The molecule has 0 fully saturated rings. The second-order valence-corrected chi connectivity index (χ2v) is 6.37. The number of halogens is 2. The lowest BCUT2D eigenvalue weighted by Gasteiger charge is -2.10. The average molecular weight is 415 g/mol. The molecule has 1 aromatic carbocycles. The number of hydrogen-bond donors (Lipinski definition) is 0. The van der Waals surface area contributed by atoms with Gasteiger partial charge in [0.25, 0.3) is 0 Å². The lowest BCUT2D eigenvalue weighted by molar-refractivity contribution is 0.732. The van der Waals surface area contributed by atoms with Crippen LogP contribution in [0.1, 0.15) is 24.9 Å². The zero-order valence-corrected chi connectivity index (χ0v) is 14.9. The van der Waals surface area contributed by atoms with Crippen molar-refractivity contribution in [3.05, 3.63) is 39.4 Å². The zero-order valence-electron chi connectivity index (χ0n) is 12.0. The van der Waals surface area contributed by atoms with E-state index in [0.29, 0.717) is 5.88 Å². The van der Waals surface area contributed by atoms with Crippen molar-refractivity contribution >= 4 is 45.4 Å². The highest BCUT2D eigenvalue weighted by molar-refractivity contribution is 14.1. The van der Waals surface area contributed by atoms with Crippen molar-refractivity contribution in [1.29, 1.82) is 0 Å². The summed E-state index contributed by atoms with van der Waals surface area (Å²) in [6.07, 6.45) is 1.99. The summed E-state index contributed by atoms with van der Waals surface area (Å²) in [5.74, 6) is 1.24. The summed E-state index contributed by atoms with van der Waals surface area (Å²) in [6.45, 7) is 2.15. The van der Waals surface area contributed by atoms with Gasteiger partial charge in [0.15, 0.2) is 5.65 Å². The van der Waals surface area contributed by atoms with Crippen LogP contribution in [0, 0.1) is 3.57 Å². The van der Waals surface area contributed by atoms with Gasteiger partial charge in [-0.1, -0.05) is 25.5 Å². The third kappa shape index (κ3) is 2.46. The van der Waals surface area contributed by atoms with Gasteiger partial charge >= 0.3 is 0 Å². The topological polar surface area (TPSA) is 35.6 Å². The summed E-state index contributed by atoms with van der Waals surface area (Å²) < 4.78 is 5.20. The standard InChI is InChI=1S/C15H16ClIN4/c1-3-6-11-14-15(20(2)19-11)21(13(9-16)18-14)12-8-5-4-7-10(12)17/h4-5,7-8H,3,6,9H2,1-2H3. The SMILES string of the molecule is CCCc1nn(C)c2c1nc(CCl)n2-c1ccccc1I. The maximum Gasteiger partial charge on any atom is 0.163 e. The molecular weight excluding hydrogens is 399 g/mol. The molecule has 0 saturated carbocycles. The molecule has 0 saturated heterocycles. The van der Waals surface area contributed by atoms with Crippen molar-refractivity contribution in [3.63, 3.8) is 0 Å². The van der Waals surface area contributed by atoms with E-state index in [1.807, 2.05) is 23.9 Å². The molecule has 0 aliphatic rings. The van der Waals surface area contributed by atoms with Crippen LogP contribution in [0.5, 0.6) is 0 Å². The molecule has 0 aliphatic heterocycles. The molecule has 0 unspecified atom stereocenters. The number of aromatic nitrogens is 4. The number of nitrogens with zero attached hydrogens (tertiary/aromatic N) is 4. The number of rotatable bonds is 4. The van der Waals surface area contributed by atoms with Crippen molar-refractivity contribution in [2.45, 2.75) is 25.6 Å². The largest absolute Gasteiger partial charge is 0.279 e. The minimum absolute atomic E-state index is 0.380. The Morgan fingerprint density at radius 1 is 1.29 bits per heavy atom. The van der Waals surface area contributed by atoms with Crippen molar-refractivity contribution < 1.29 is 0 Å². The smallest absolute Gasteiger partial charge is 0.163 e. The van der Waals surface area contributed by atoms with Crippen LogP contribution in [0.4, 0.5) is 0 Å². The van der Waals surface area contributed by atoms with Crippen molar-refractivity contribution in [2.24, 2.45) is 7.05 Å². The summed E-state index contributed by atoms with van der Waals surface area (Å²) in [5, 5.41) is 4.62. The summed E-state index contributed by atoms with van der Waals surface area (Å²) in [6, 6.07) is 8.24. The summed E-state index contributed by atoms with van der Waals surface area (Å²) in [4.78, 5) is 4.73. The predicted octanol–water partition coefficient (Wildman–Crippen LogP) is 4.05. The number of hydrogen-bond acceptors (Lipinski definition) is 2. The molecule has 6 heteroatoms. The molecule has 0 atom stereocenters. The first-order chi connectivity index (χ1) is 10.2. The van der Waals surface area contributed by atoms with Crippen LogP contribution in [0.25, 0.3) is 16.9 Å². The number of benzene rings is 1. The van der Waals surface area contributed by atoms with Gasteiger partial charge < -0.3 is 0 Å². The van der Waals surface area contributed by atoms with Gasteiger partial charge in [-0.15, -0.1) is 11.6 Å². The Morgan fingerprint density at radius 2 is 2.05 bits per heavy atom. The fraction of sp³-hybridized carbons (Fsp3) is 0.333. The number of aryl methyl sites for hydroxylation is 2. The van der Waals surface area contributed by atoms with Gasteiger partial charge in [0.05, 0.1) is 17.3 Å². The van der Waals surface area contributed by atoms with Gasteiger partial charge in [0, 0.05) is 10.6 Å². The van der Waals surface area contributed by atoms with Gasteiger partial charge in [-0.2, -0.15) is 5.10 Å². The normalized spacial score (nSPS) is 11.4. The fourth-order valence-electron chi connectivity index (χ4n) is 2.61. The number of alkyl halides is 1. The molecule has 3 rings (SSSR count). The Hall–Kier alpha value is -1.08. The third-order valence-electron chi connectivity index (χ3n) is 3.47. The minimum atomic E-state index is 0.380. The minimum Gasteiger partial charge on any atom is -0.279 e. The van der Waals surface area contributed by atoms with Gasteiger partial charge in [0.1, 0.15) is 11.3 Å². The molecule has 110 valence electrons. The molecule has 0 spiro atoms. The van der Waals surface area contributed by atoms with E-state index in [1.54, 1.807) is 0 Å². The Morgan fingerprint density at radius 3 is 2.71 bits per heavy atom. The fourth-order valence-corrected chi connectivity index (χ4v) is 3.41. The van der Waals surface area contributed by atoms with Crippen LogP contribution in [-0.4, -0.2) is 19.3 Å². The molecule has 0 amide bonds. The Balaban J connectivity index is 2.33. The second kappa shape index (κ2) is 5.96. The molecular formula is C15H16ClIN4. The van der Waals surface area contributed by atoms with E-state index in [4.69, 9.17) is 16.6 Å². The van der Waals surface area contributed by atoms with E-state index < -0.39 is 0 Å². The first-order valence-electron chi connectivity index (χ1n) is 6.91. The van der Waals surface area contributed by atoms with Crippen molar-refractivity contribution in [1.82, 2.24) is 19.3 Å². The first-order valence-corrected chi connectivity index (χ1v) is 8.52. The van der Waals surface area contributed by atoms with Crippen LogP contribution in [0.15, 0.2) is 24.3 Å². The molecule has 4 nitrogen and oxygen atoms in total. The molecule has 0 N–H and O–H groups in total. The molecule has 0 radical (unpaired) electrons. The number of fused-ring (bicyclic) bond motifs is 1. The molecule has 0 bridgehead atoms. The van der Waals surface area contributed by atoms with Gasteiger partial charge in [-0.25, -0.2) is 9.67 Å². The average Bonchev–Trinajstić information content (AvgIpc) is 2.99. The monoisotopic (exact) mass is 414 g/mol. The molecule has 21 heavy (non-hydrogen) atoms. The zero-order chi connectivity index (χ0) is 15.0. The van der Waals surface area contributed by atoms with E-state index in [1.165, 1.54) is 3.57 Å². The predicted molar refractivity (Wildman–Crippen MR) is 94.1 cm³/mol. The highest BCUT2D eigenvalue weighted by atomic mass is 127. The molecule has 0 aliphatic carbocycles. The number of para-hydroxylation sites is 1. The summed E-state index contributed by atoms with van der Waals surface area (Å²) >= 11 is 8.47. The van der Waals surface area contributed by atoms with E-state index in [0.717, 1.165) is 41.2 Å². The van der Waals surface area contributed by atoms with E-state index in [9.17, 15) is 0 Å². The van der Waals surface area contributed by atoms with Gasteiger partial charge in [-0.05, 0) is 41.1 Å². The molecule has 3 aromatic rings. The highest BCUT2D eigenvalue weighted by Gasteiger charge is 2.20. The third-order valence-corrected chi connectivity index (χ3v) is 4.62. The van der Waals surface area contributed by atoms with E-state index >= 15 is 0 Å². The van der Waals surface area contributed by atoms with E-state index in [2.05, 4.69) is 51.3 Å². The Labute approximate surface area is 142 Å². The van der Waals surface area contributed by atoms with Crippen LogP contribution in [0.3, 0.4) is 0 Å². The Bertz CT molecular complexity index is 790. The molecule has 2 aromatic heterocycles. The lowest BCUT2D eigenvalue weighted by Crippen LogP contribution is -2.05. The van der Waals surface area contributed by atoms with Crippen molar-refractivity contribution in [3.8, 4) is 5.69 Å². The quantitative estimate of drug-likeness (QED) is 0.477. The maximum atomic E-state index is 6.13. The highest BCUT2D eigenvalue weighted by Crippen LogP contribution is 2.27. The van der Waals surface area contributed by atoms with Gasteiger partial charge in [0.2, 0.25) is 0 Å². The van der Waals surface area contributed by atoms with Crippen LogP contribution in [0.2, 0.25) is 0 Å². The van der Waals surface area contributed by atoms with Crippen LogP contribution >= 0.6 is 34.2 Å². The van der Waals surface area contributed by atoms with Gasteiger partial charge in [-0.3, -0.25) is 4.57 Å². The lowest BCUT2D eigenvalue weighted by atomic mass is 10.2. The van der Waals surface area contributed by atoms with Crippen molar-refractivity contribution in [2.75, 3.05) is 0 Å². The summed E-state index contributed by atoms with van der Waals surface area (Å²) in [7, 11) is 1.97. The molecule has 2 heterocycles. The number of imidazole rings is 1. The maximum absolute atomic E-state index is 6.13. The van der Waals surface area contributed by atoms with Crippen LogP contribution in [-0.2, 0) is 19.3 Å². The first kappa shape index (κ1) is 14.8. The summed E-state index contributed by atoms with van der Waals surface area (Å²) in [5.41, 5.74) is 4.13. The van der Waals surface area contributed by atoms with Crippen LogP contribution < -0.4 is 0 Å². The van der Waals surface area contributed by atoms with E-state index in [-0.39, 0.29) is 0 Å².